The van der Waals surface area contributed by atoms with Crippen molar-refractivity contribution < 1.29 is 10.2 Å². The van der Waals surface area contributed by atoms with Gasteiger partial charge in [0.2, 0.25) is 0 Å². The van der Waals surface area contributed by atoms with Crippen molar-refractivity contribution in [3.05, 3.63) is 0 Å². The molecule has 0 spiro atoms. The van der Waals surface area contributed by atoms with Crippen molar-refractivity contribution in [3.63, 3.8) is 0 Å². The van der Waals surface area contributed by atoms with Crippen LogP contribution >= 0.6 is 0 Å². The van der Waals surface area contributed by atoms with Crippen molar-refractivity contribution >= 4 is 0 Å². The van der Waals surface area contributed by atoms with E-state index in [2.05, 4.69) is 0 Å². The standard InChI is InChI=1S/C6H15NO2/c1-5(8)6(9)4-7(2)3/h5-6,8-9H,4H2,1-3H3. The fourth-order valence-corrected chi connectivity index (χ4v) is 0.527. The second-order valence-electron chi connectivity index (χ2n) is 2.57. The number of hydrogen-bond acceptors (Lipinski definition) is 3. The van der Waals surface area contributed by atoms with Gasteiger partial charge in [0.05, 0.1) is 12.2 Å². The number of rotatable bonds is 3. The van der Waals surface area contributed by atoms with Crippen molar-refractivity contribution in [1.82, 2.24) is 4.90 Å². The summed E-state index contributed by atoms with van der Waals surface area (Å²) in [5.41, 5.74) is 0. The SMILES string of the molecule is CC(O)C(O)CN(C)C. The Kier molecular flexibility index (Phi) is 3.77. The van der Waals surface area contributed by atoms with E-state index in [9.17, 15) is 0 Å². The topological polar surface area (TPSA) is 43.7 Å². The third-order valence-electron chi connectivity index (χ3n) is 1.11. The average Bonchev–Trinajstić information content (AvgIpc) is 1.63. The van der Waals surface area contributed by atoms with Crippen LogP contribution in [0.2, 0.25) is 0 Å². The molecule has 0 bridgehead atoms. The Labute approximate surface area is 55.9 Å². The molecule has 0 aromatic heterocycles. The quantitative estimate of drug-likeness (QED) is 0.534. The molecule has 56 valence electrons. The molecular weight excluding hydrogens is 118 g/mol. The van der Waals surface area contributed by atoms with Crippen LogP contribution in [0.15, 0.2) is 0 Å². The van der Waals surface area contributed by atoms with Gasteiger partial charge in [0.25, 0.3) is 0 Å². The highest BCUT2D eigenvalue weighted by Crippen LogP contribution is 1.92. The normalized spacial score (nSPS) is 18.0. The summed E-state index contributed by atoms with van der Waals surface area (Å²) in [5, 5.41) is 17.8. The van der Waals surface area contributed by atoms with Gasteiger partial charge in [0.1, 0.15) is 0 Å². The third kappa shape index (κ3) is 4.39. The highest BCUT2D eigenvalue weighted by molar-refractivity contribution is 4.63. The van der Waals surface area contributed by atoms with E-state index in [4.69, 9.17) is 10.2 Å². The lowest BCUT2D eigenvalue weighted by Gasteiger charge is -2.17. The van der Waals surface area contributed by atoms with Gasteiger partial charge in [0, 0.05) is 6.54 Å². The minimum Gasteiger partial charge on any atom is -0.391 e. The summed E-state index contributed by atoms with van der Waals surface area (Å²) in [6, 6.07) is 0. The van der Waals surface area contributed by atoms with Gasteiger partial charge in [-0.3, -0.25) is 0 Å². The first-order valence-corrected chi connectivity index (χ1v) is 3.05. The fraction of sp³-hybridized carbons (Fsp3) is 1.00. The van der Waals surface area contributed by atoms with E-state index < -0.39 is 12.2 Å². The predicted molar refractivity (Wildman–Crippen MR) is 36.2 cm³/mol. The minimum absolute atomic E-state index is 0.512. The zero-order chi connectivity index (χ0) is 7.44. The molecule has 2 atom stereocenters. The first-order valence-electron chi connectivity index (χ1n) is 3.05. The van der Waals surface area contributed by atoms with Crippen LogP contribution in [0.25, 0.3) is 0 Å². The zero-order valence-electron chi connectivity index (χ0n) is 6.20. The molecule has 0 saturated carbocycles. The summed E-state index contributed by atoms with van der Waals surface area (Å²) in [7, 11) is 3.71. The monoisotopic (exact) mass is 133 g/mol. The fourth-order valence-electron chi connectivity index (χ4n) is 0.527. The van der Waals surface area contributed by atoms with Crippen molar-refractivity contribution in [2.75, 3.05) is 20.6 Å². The zero-order valence-corrected chi connectivity index (χ0v) is 6.20. The van der Waals surface area contributed by atoms with E-state index in [0.717, 1.165) is 0 Å². The number of likely N-dealkylation sites (N-methyl/N-ethyl adjacent to an activating group) is 1. The average molecular weight is 133 g/mol. The highest BCUT2D eigenvalue weighted by Gasteiger charge is 2.10. The van der Waals surface area contributed by atoms with Crippen LogP contribution < -0.4 is 0 Å². The van der Waals surface area contributed by atoms with Crippen LogP contribution in [0.3, 0.4) is 0 Å². The molecule has 9 heavy (non-hydrogen) atoms. The molecule has 0 aromatic carbocycles. The van der Waals surface area contributed by atoms with Gasteiger partial charge in [-0.15, -0.1) is 0 Å². The van der Waals surface area contributed by atoms with E-state index in [1.54, 1.807) is 6.92 Å². The van der Waals surface area contributed by atoms with E-state index in [-0.39, 0.29) is 0 Å². The van der Waals surface area contributed by atoms with Crippen molar-refractivity contribution in [1.29, 1.82) is 0 Å². The molecule has 3 nitrogen and oxygen atoms in total. The van der Waals surface area contributed by atoms with E-state index in [1.807, 2.05) is 19.0 Å². The molecule has 0 fully saturated rings. The largest absolute Gasteiger partial charge is 0.391 e. The summed E-state index contributed by atoms with van der Waals surface area (Å²) in [4.78, 5) is 1.83. The second kappa shape index (κ2) is 3.82. The third-order valence-corrected chi connectivity index (χ3v) is 1.11. The Morgan fingerprint density at radius 1 is 1.33 bits per heavy atom. The highest BCUT2D eigenvalue weighted by atomic mass is 16.3. The van der Waals surface area contributed by atoms with Crippen molar-refractivity contribution in [2.24, 2.45) is 0 Å². The maximum absolute atomic E-state index is 9.01. The van der Waals surface area contributed by atoms with Crippen molar-refractivity contribution in [2.45, 2.75) is 19.1 Å². The summed E-state index contributed by atoms with van der Waals surface area (Å²) in [6.45, 7) is 2.09. The molecule has 0 aliphatic carbocycles. The first kappa shape index (κ1) is 8.88. The molecule has 0 rings (SSSR count). The Hall–Kier alpha value is -0.120. The summed E-state index contributed by atoms with van der Waals surface area (Å²) in [5.74, 6) is 0. The van der Waals surface area contributed by atoms with E-state index in [1.165, 1.54) is 0 Å². The molecule has 0 aliphatic heterocycles. The molecule has 0 aliphatic rings. The number of nitrogens with zero attached hydrogens (tertiary/aromatic N) is 1. The minimum atomic E-state index is -0.632. The molecule has 0 amide bonds. The van der Waals surface area contributed by atoms with Gasteiger partial charge in [-0.1, -0.05) is 0 Å². The first-order chi connectivity index (χ1) is 4.04. The lowest BCUT2D eigenvalue weighted by molar-refractivity contribution is 0.0163. The van der Waals surface area contributed by atoms with E-state index in [0.29, 0.717) is 6.54 Å². The predicted octanol–water partition coefficient (Wildman–Crippen LogP) is -0.710. The maximum atomic E-state index is 9.01. The van der Waals surface area contributed by atoms with Crippen LogP contribution in [0.1, 0.15) is 6.92 Å². The summed E-state index contributed by atoms with van der Waals surface area (Å²) < 4.78 is 0. The Bertz CT molecular complexity index is 73.5. The Morgan fingerprint density at radius 2 is 1.78 bits per heavy atom. The molecule has 0 radical (unpaired) electrons. The lowest BCUT2D eigenvalue weighted by Crippen LogP contribution is -2.33. The van der Waals surface area contributed by atoms with Crippen LogP contribution in [0, 0.1) is 0 Å². The van der Waals surface area contributed by atoms with Gasteiger partial charge in [-0.25, -0.2) is 0 Å². The molecular formula is C6H15NO2. The van der Waals surface area contributed by atoms with Gasteiger partial charge in [-0.2, -0.15) is 0 Å². The molecule has 2 N–H and O–H groups in total. The smallest absolute Gasteiger partial charge is 0.0922 e. The number of aliphatic hydroxyl groups is 2. The Balaban J connectivity index is 3.38. The van der Waals surface area contributed by atoms with Gasteiger partial charge >= 0.3 is 0 Å². The maximum Gasteiger partial charge on any atom is 0.0922 e. The van der Waals surface area contributed by atoms with Crippen LogP contribution in [0.4, 0.5) is 0 Å². The van der Waals surface area contributed by atoms with Gasteiger partial charge in [-0.05, 0) is 21.0 Å². The number of hydrogen-bond donors (Lipinski definition) is 2. The molecule has 0 saturated heterocycles. The summed E-state index contributed by atoms with van der Waals surface area (Å²) in [6.07, 6.45) is -1.26. The Morgan fingerprint density at radius 3 is 1.89 bits per heavy atom. The second-order valence-corrected chi connectivity index (χ2v) is 2.57. The lowest BCUT2D eigenvalue weighted by atomic mass is 10.2. The van der Waals surface area contributed by atoms with Gasteiger partial charge in [0.15, 0.2) is 0 Å². The van der Waals surface area contributed by atoms with E-state index >= 15 is 0 Å². The van der Waals surface area contributed by atoms with Crippen LogP contribution in [-0.2, 0) is 0 Å². The number of aliphatic hydroxyl groups excluding tert-OH is 2. The molecule has 0 aromatic rings. The summed E-state index contributed by atoms with van der Waals surface area (Å²) >= 11 is 0. The van der Waals surface area contributed by atoms with Crippen molar-refractivity contribution in [3.8, 4) is 0 Å². The molecule has 3 heteroatoms. The van der Waals surface area contributed by atoms with Crippen LogP contribution in [-0.4, -0.2) is 48.0 Å². The molecule has 2 unspecified atom stereocenters. The van der Waals surface area contributed by atoms with Crippen LogP contribution in [0.5, 0.6) is 0 Å². The van der Waals surface area contributed by atoms with Gasteiger partial charge < -0.3 is 15.1 Å². The molecule has 0 heterocycles.